The van der Waals surface area contributed by atoms with Gasteiger partial charge in [0.2, 0.25) is 0 Å². The first-order chi connectivity index (χ1) is 31.3. The van der Waals surface area contributed by atoms with E-state index in [0.29, 0.717) is 5.82 Å². The summed E-state index contributed by atoms with van der Waals surface area (Å²) in [6, 6.07) is 78.6. The maximum atomic E-state index is 5.57. The van der Waals surface area contributed by atoms with Crippen molar-refractivity contribution in [3.8, 4) is 56.3 Å². The number of rotatable bonds is 6. The minimum absolute atomic E-state index is 0.713. The summed E-state index contributed by atoms with van der Waals surface area (Å²) >= 11 is 1.77. The van der Waals surface area contributed by atoms with Gasteiger partial charge in [0.25, 0.3) is 0 Å². The molecule has 0 aliphatic carbocycles. The molecular formula is C58H36N4S. The van der Waals surface area contributed by atoms with Crippen molar-refractivity contribution < 1.29 is 0 Å². The number of nitrogens with zero attached hydrogens (tertiary/aromatic N) is 4. The fourth-order valence-corrected chi connectivity index (χ4v) is 10.9. The van der Waals surface area contributed by atoms with Crippen LogP contribution in [0.15, 0.2) is 218 Å². The predicted octanol–water partition coefficient (Wildman–Crippen LogP) is 15.7. The van der Waals surface area contributed by atoms with E-state index < -0.39 is 0 Å². The zero-order valence-corrected chi connectivity index (χ0v) is 34.8. The Balaban J connectivity index is 1.13. The molecule has 5 heteroatoms. The van der Waals surface area contributed by atoms with Gasteiger partial charge in [-0.25, -0.2) is 9.97 Å². The van der Waals surface area contributed by atoms with Crippen molar-refractivity contribution >= 4 is 75.3 Å². The van der Waals surface area contributed by atoms with Crippen molar-refractivity contribution in [2.75, 3.05) is 0 Å². The first-order valence-electron chi connectivity index (χ1n) is 21.3. The number of benzene rings is 9. The molecule has 4 nitrogen and oxygen atoms in total. The molecule has 13 rings (SSSR count). The molecule has 0 bridgehead atoms. The normalized spacial score (nSPS) is 11.8. The standard InChI is InChI=1S/C58H36N4S/c1-4-18-37(19-5-1)46-35-41(62-51-30-16-12-26-44(51)48-34-40(32-33-52(48)62)61-49-28-14-10-24-42(49)43-25-11-15-29-50(43)61)36-47(38-20-6-2-7-21-38)54(46)56-57-55(45-27-13-17-31-53(45)63-57)59-58(60-56)39-22-8-3-9-23-39/h1-36H. The van der Waals surface area contributed by atoms with Gasteiger partial charge in [0, 0.05) is 54.1 Å². The average Bonchev–Trinajstić information content (AvgIpc) is 4.02. The van der Waals surface area contributed by atoms with Crippen LogP contribution in [0.1, 0.15) is 0 Å². The predicted molar refractivity (Wildman–Crippen MR) is 265 cm³/mol. The molecule has 9 aromatic carbocycles. The Hall–Kier alpha value is -8.12. The van der Waals surface area contributed by atoms with Crippen LogP contribution >= 0.6 is 11.3 Å². The molecule has 0 saturated heterocycles. The van der Waals surface area contributed by atoms with Crippen LogP contribution in [0, 0.1) is 0 Å². The first kappa shape index (κ1) is 35.6. The minimum atomic E-state index is 0.713. The van der Waals surface area contributed by atoms with Gasteiger partial charge in [-0.3, -0.25) is 0 Å². The topological polar surface area (TPSA) is 35.6 Å². The molecule has 0 unspecified atom stereocenters. The van der Waals surface area contributed by atoms with Gasteiger partial charge in [-0.15, -0.1) is 11.3 Å². The number of hydrogen-bond acceptors (Lipinski definition) is 3. The lowest BCUT2D eigenvalue weighted by Crippen LogP contribution is -2.01. The van der Waals surface area contributed by atoms with Crippen LogP contribution in [0.3, 0.4) is 0 Å². The van der Waals surface area contributed by atoms with E-state index in [0.717, 1.165) is 77.1 Å². The maximum Gasteiger partial charge on any atom is 0.160 e. The van der Waals surface area contributed by atoms with Gasteiger partial charge in [-0.2, -0.15) is 0 Å². The van der Waals surface area contributed by atoms with Crippen LogP contribution < -0.4 is 0 Å². The van der Waals surface area contributed by atoms with Crippen LogP contribution in [-0.2, 0) is 0 Å². The number of para-hydroxylation sites is 3. The number of hydrogen-bond donors (Lipinski definition) is 0. The third kappa shape index (κ3) is 5.60. The van der Waals surface area contributed by atoms with Crippen molar-refractivity contribution in [2.45, 2.75) is 0 Å². The Labute approximate surface area is 367 Å². The molecule has 4 heterocycles. The highest BCUT2D eigenvalue weighted by molar-refractivity contribution is 7.26. The molecule has 63 heavy (non-hydrogen) atoms. The van der Waals surface area contributed by atoms with E-state index in [4.69, 9.17) is 9.97 Å². The maximum absolute atomic E-state index is 5.57. The third-order valence-corrected chi connectivity index (χ3v) is 13.7. The molecule has 0 amide bonds. The van der Waals surface area contributed by atoms with Gasteiger partial charge < -0.3 is 9.13 Å². The molecule has 0 aliphatic heterocycles. The first-order valence-corrected chi connectivity index (χ1v) is 22.1. The molecule has 0 fully saturated rings. The molecular weight excluding hydrogens is 785 g/mol. The van der Waals surface area contributed by atoms with Crippen LogP contribution in [-0.4, -0.2) is 19.1 Å². The van der Waals surface area contributed by atoms with E-state index in [9.17, 15) is 0 Å². The highest BCUT2D eigenvalue weighted by Crippen LogP contribution is 2.48. The molecule has 0 radical (unpaired) electrons. The summed E-state index contributed by atoms with van der Waals surface area (Å²) in [6.45, 7) is 0. The van der Waals surface area contributed by atoms with E-state index in [-0.39, 0.29) is 0 Å². The molecule has 13 aromatic rings. The quantitative estimate of drug-likeness (QED) is 0.167. The molecule has 0 atom stereocenters. The Morgan fingerprint density at radius 2 is 0.810 bits per heavy atom. The van der Waals surface area contributed by atoms with Crippen LogP contribution in [0.4, 0.5) is 0 Å². The van der Waals surface area contributed by atoms with Gasteiger partial charge in [-0.1, -0.05) is 164 Å². The van der Waals surface area contributed by atoms with E-state index >= 15 is 0 Å². The zero-order valence-electron chi connectivity index (χ0n) is 34.0. The second-order valence-electron chi connectivity index (χ2n) is 16.1. The fourth-order valence-electron chi connectivity index (χ4n) is 9.76. The van der Waals surface area contributed by atoms with Gasteiger partial charge in [0.15, 0.2) is 5.82 Å². The highest BCUT2D eigenvalue weighted by atomic mass is 32.1. The van der Waals surface area contributed by atoms with Crippen molar-refractivity contribution in [2.24, 2.45) is 0 Å². The molecule has 0 N–H and O–H groups in total. The van der Waals surface area contributed by atoms with Gasteiger partial charge >= 0.3 is 0 Å². The van der Waals surface area contributed by atoms with Crippen LogP contribution in [0.2, 0.25) is 0 Å². The van der Waals surface area contributed by atoms with Crippen molar-refractivity contribution in [1.82, 2.24) is 19.1 Å². The van der Waals surface area contributed by atoms with E-state index in [1.54, 1.807) is 11.3 Å². The second-order valence-corrected chi connectivity index (χ2v) is 17.2. The van der Waals surface area contributed by atoms with E-state index in [1.165, 1.54) is 37.3 Å². The summed E-state index contributed by atoms with van der Waals surface area (Å²) in [5.41, 5.74) is 15.3. The second kappa shape index (κ2) is 14.2. The lowest BCUT2D eigenvalue weighted by atomic mass is 9.88. The summed E-state index contributed by atoms with van der Waals surface area (Å²) in [4.78, 5) is 10.9. The molecule has 0 saturated carbocycles. The Morgan fingerprint density at radius 1 is 0.349 bits per heavy atom. The lowest BCUT2D eigenvalue weighted by Gasteiger charge is -2.20. The Bertz CT molecular complexity index is 3790. The van der Waals surface area contributed by atoms with Crippen molar-refractivity contribution in [3.63, 3.8) is 0 Å². The smallest absolute Gasteiger partial charge is 0.160 e. The van der Waals surface area contributed by atoms with Gasteiger partial charge in [-0.05, 0) is 76.9 Å². The Morgan fingerprint density at radius 3 is 1.40 bits per heavy atom. The van der Waals surface area contributed by atoms with Crippen molar-refractivity contribution in [3.05, 3.63) is 218 Å². The Kier molecular flexibility index (Phi) is 8.05. The summed E-state index contributed by atoms with van der Waals surface area (Å²) in [6.07, 6.45) is 0. The molecule has 294 valence electrons. The third-order valence-electron chi connectivity index (χ3n) is 12.5. The number of thiophene rings is 1. The zero-order chi connectivity index (χ0) is 41.4. The van der Waals surface area contributed by atoms with Crippen molar-refractivity contribution in [1.29, 1.82) is 0 Å². The number of fused-ring (bicyclic) bond motifs is 9. The average molecular weight is 821 g/mol. The summed E-state index contributed by atoms with van der Waals surface area (Å²) in [7, 11) is 0. The lowest BCUT2D eigenvalue weighted by molar-refractivity contribution is 1.16. The molecule has 4 aromatic heterocycles. The van der Waals surface area contributed by atoms with Gasteiger partial charge in [0.05, 0.1) is 38.0 Å². The van der Waals surface area contributed by atoms with E-state index in [2.05, 4.69) is 221 Å². The summed E-state index contributed by atoms with van der Waals surface area (Å²) in [5.74, 6) is 0.713. The van der Waals surface area contributed by atoms with Crippen LogP contribution in [0.25, 0.3) is 120 Å². The largest absolute Gasteiger partial charge is 0.309 e. The van der Waals surface area contributed by atoms with Crippen LogP contribution in [0.5, 0.6) is 0 Å². The SMILES string of the molecule is c1ccc(-c2nc(-c3c(-c4ccccc4)cc(-n4c5ccccc5c5cc(-n6c7ccccc7c7ccccc76)ccc54)cc3-c3ccccc3)c3sc4ccccc4c3n2)cc1. The minimum Gasteiger partial charge on any atom is -0.309 e. The monoisotopic (exact) mass is 820 g/mol. The summed E-state index contributed by atoms with van der Waals surface area (Å²) in [5, 5.41) is 6.06. The molecule has 0 spiro atoms. The fraction of sp³-hybridized carbons (Fsp3) is 0. The summed E-state index contributed by atoms with van der Waals surface area (Å²) < 4.78 is 7.13. The molecule has 0 aliphatic rings. The number of aromatic nitrogens is 4. The van der Waals surface area contributed by atoms with Gasteiger partial charge in [0.1, 0.15) is 0 Å². The highest BCUT2D eigenvalue weighted by Gasteiger charge is 2.25. The van der Waals surface area contributed by atoms with E-state index in [1.807, 2.05) is 6.07 Å².